The fourth-order valence-corrected chi connectivity index (χ4v) is 2.13. The van der Waals surface area contributed by atoms with Gasteiger partial charge in [-0.15, -0.1) is 0 Å². The summed E-state index contributed by atoms with van der Waals surface area (Å²) in [6.07, 6.45) is 3.52. The summed E-state index contributed by atoms with van der Waals surface area (Å²) in [5.74, 6) is 0.0130. The van der Waals surface area contributed by atoms with Crippen LogP contribution in [0.25, 0.3) is 0 Å². The molecule has 2 nitrogen and oxygen atoms in total. The minimum Gasteiger partial charge on any atom is -0.294 e. The van der Waals surface area contributed by atoms with E-state index in [0.29, 0.717) is 15.6 Å². The first kappa shape index (κ1) is 13.1. The fraction of sp³-hybridized carbons (Fsp3) is 0.143. The quantitative estimate of drug-likeness (QED) is 0.791. The number of pyridine rings is 1. The highest BCUT2D eigenvalue weighted by Crippen LogP contribution is 2.26. The molecular weight excluding hydrogens is 269 g/mol. The number of Topliss-reactive ketones (excluding diaryl/α,β-unsaturated/α-hetero) is 1. The SMILES string of the molecule is Cc1cnccc1C(=O)Cc1cccc(Cl)c1Cl. The highest BCUT2D eigenvalue weighted by Gasteiger charge is 2.12. The average molecular weight is 280 g/mol. The van der Waals surface area contributed by atoms with Gasteiger partial charge in [0, 0.05) is 24.4 Å². The van der Waals surface area contributed by atoms with Crippen LogP contribution in [-0.4, -0.2) is 10.8 Å². The lowest BCUT2D eigenvalue weighted by atomic mass is 10.0. The Morgan fingerprint density at radius 2 is 2.06 bits per heavy atom. The number of benzene rings is 1. The Bertz CT molecular complexity index is 596. The van der Waals surface area contributed by atoms with Gasteiger partial charge in [-0.3, -0.25) is 9.78 Å². The predicted octanol–water partition coefficient (Wildman–Crippen LogP) is 4.12. The van der Waals surface area contributed by atoms with E-state index in [9.17, 15) is 4.79 Å². The second-order valence-electron chi connectivity index (χ2n) is 4.00. The van der Waals surface area contributed by atoms with Gasteiger partial charge in [0.25, 0.3) is 0 Å². The third-order valence-corrected chi connectivity index (χ3v) is 3.56. The van der Waals surface area contributed by atoms with Crippen molar-refractivity contribution < 1.29 is 4.79 Å². The van der Waals surface area contributed by atoms with Crippen molar-refractivity contribution in [1.82, 2.24) is 4.98 Å². The number of ketones is 1. The molecule has 1 heterocycles. The van der Waals surface area contributed by atoms with E-state index < -0.39 is 0 Å². The fourth-order valence-electron chi connectivity index (χ4n) is 1.74. The van der Waals surface area contributed by atoms with Gasteiger partial charge in [-0.1, -0.05) is 35.3 Å². The van der Waals surface area contributed by atoms with E-state index in [4.69, 9.17) is 23.2 Å². The van der Waals surface area contributed by atoms with E-state index in [-0.39, 0.29) is 12.2 Å². The monoisotopic (exact) mass is 279 g/mol. The van der Waals surface area contributed by atoms with Crippen molar-refractivity contribution in [2.24, 2.45) is 0 Å². The molecule has 92 valence electrons. The zero-order valence-corrected chi connectivity index (χ0v) is 11.3. The van der Waals surface area contributed by atoms with Gasteiger partial charge in [-0.2, -0.15) is 0 Å². The van der Waals surface area contributed by atoms with Gasteiger partial charge >= 0.3 is 0 Å². The van der Waals surface area contributed by atoms with Gasteiger partial charge < -0.3 is 0 Å². The van der Waals surface area contributed by atoms with E-state index in [2.05, 4.69) is 4.98 Å². The Hall–Kier alpha value is -1.38. The number of carbonyl (C=O) groups is 1. The van der Waals surface area contributed by atoms with Gasteiger partial charge in [0.15, 0.2) is 5.78 Å². The van der Waals surface area contributed by atoms with Gasteiger partial charge in [0.05, 0.1) is 10.0 Å². The summed E-state index contributed by atoms with van der Waals surface area (Å²) in [5, 5.41) is 0.910. The molecule has 0 unspecified atom stereocenters. The number of rotatable bonds is 3. The normalized spacial score (nSPS) is 10.4. The zero-order chi connectivity index (χ0) is 13.1. The molecule has 0 amide bonds. The molecule has 0 saturated heterocycles. The van der Waals surface area contributed by atoms with Crippen LogP contribution < -0.4 is 0 Å². The molecule has 18 heavy (non-hydrogen) atoms. The molecule has 0 spiro atoms. The second kappa shape index (κ2) is 5.51. The highest BCUT2D eigenvalue weighted by atomic mass is 35.5. The smallest absolute Gasteiger partial charge is 0.167 e. The van der Waals surface area contributed by atoms with Gasteiger partial charge in [-0.25, -0.2) is 0 Å². The topological polar surface area (TPSA) is 30.0 Å². The van der Waals surface area contributed by atoms with Crippen molar-refractivity contribution in [3.63, 3.8) is 0 Å². The minimum absolute atomic E-state index is 0.0130. The Morgan fingerprint density at radius 1 is 1.28 bits per heavy atom. The number of nitrogens with zero attached hydrogens (tertiary/aromatic N) is 1. The van der Waals surface area contributed by atoms with Crippen LogP contribution in [0.1, 0.15) is 21.5 Å². The van der Waals surface area contributed by atoms with E-state index in [1.807, 2.05) is 13.0 Å². The molecule has 0 fully saturated rings. The van der Waals surface area contributed by atoms with E-state index in [1.165, 1.54) is 0 Å². The molecule has 0 aliphatic heterocycles. The van der Waals surface area contributed by atoms with Crippen LogP contribution in [0.3, 0.4) is 0 Å². The third-order valence-electron chi connectivity index (χ3n) is 2.70. The van der Waals surface area contributed by atoms with Crippen molar-refractivity contribution in [2.45, 2.75) is 13.3 Å². The van der Waals surface area contributed by atoms with Crippen molar-refractivity contribution in [2.75, 3.05) is 0 Å². The lowest BCUT2D eigenvalue weighted by Gasteiger charge is -2.06. The molecule has 0 saturated carbocycles. The zero-order valence-electron chi connectivity index (χ0n) is 9.78. The van der Waals surface area contributed by atoms with Crippen LogP contribution in [0.4, 0.5) is 0 Å². The van der Waals surface area contributed by atoms with Crippen LogP contribution in [-0.2, 0) is 6.42 Å². The Morgan fingerprint density at radius 3 is 2.78 bits per heavy atom. The average Bonchev–Trinajstić information content (AvgIpc) is 2.35. The maximum atomic E-state index is 12.2. The van der Waals surface area contributed by atoms with E-state index in [1.54, 1.807) is 30.6 Å². The largest absolute Gasteiger partial charge is 0.294 e. The second-order valence-corrected chi connectivity index (χ2v) is 4.79. The molecule has 0 atom stereocenters. The van der Waals surface area contributed by atoms with Crippen LogP contribution in [0.2, 0.25) is 10.0 Å². The summed E-state index contributed by atoms with van der Waals surface area (Å²) >= 11 is 12.0. The molecule has 1 aromatic carbocycles. The molecule has 0 radical (unpaired) electrons. The summed E-state index contributed by atoms with van der Waals surface area (Å²) in [6.45, 7) is 1.86. The van der Waals surface area contributed by atoms with Crippen LogP contribution in [0.5, 0.6) is 0 Å². The maximum Gasteiger partial charge on any atom is 0.167 e. The summed E-state index contributed by atoms with van der Waals surface area (Å²) in [5.41, 5.74) is 2.27. The van der Waals surface area contributed by atoms with Gasteiger partial charge in [-0.05, 0) is 30.2 Å². The maximum absolute atomic E-state index is 12.2. The third kappa shape index (κ3) is 2.71. The number of aryl methyl sites for hydroxylation is 1. The summed E-state index contributed by atoms with van der Waals surface area (Å²) in [4.78, 5) is 16.1. The first-order valence-corrected chi connectivity index (χ1v) is 6.22. The molecule has 2 rings (SSSR count). The Labute approximate surface area is 116 Å². The molecule has 1 aromatic heterocycles. The Balaban J connectivity index is 2.27. The molecule has 2 aromatic rings. The van der Waals surface area contributed by atoms with Crippen molar-refractivity contribution in [3.8, 4) is 0 Å². The molecule has 0 aliphatic rings. The number of hydrogen-bond acceptors (Lipinski definition) is 2. The number of hydrogen-bond donors (Lipinski definition) is 0. The van der Waals surface area contributed by atoms with E-state index in [0.717, 1.165) is 11.1 Å². The highest BCUT2D eigenvalue weighted by molar-refractivity contribution is 6.42. The van der Waals surface area contributed by atoms with Crippen LogP contribution >= 0.6 is 23.2 Å². The lowest BCUT2D eigenvalue weighted by molar-refractivity contribution is 0.0992. The molecular formula is C14H11Cl2NO. The molecule has 4 heteroatoms. The predicted molar refractivity (Wildman–Crippen MR) is 73.5 cm³/mol. The molecule has 0 aliphatic carbocycles. The number of aromatic nitrogens is 1. The van der Waals surface area contributed by atoms with E-state index >= 15 is 0 Å². The first-order chi connectivity index (χ1) is 8.59. The molecule has 0 N–H and O–H groups in total. The van der Waals surface area contributed by atoms with Crippen molar-refractivity contribution in [3.05, 3.63) is 63.4 Å². The first-order valence-electron chi connectivity index (χ1n) is 5.46. The molecule has 0 bridgehead atoms. The lowest BCUT2D eigenvalue weighted by Crippen LogP contribution is -2.06. The van der Waals surface area contributed by atoms with Crippen LogP contribution in [0.15, 0.2) is 36.7 Å². The van der Waals surface area contributed by atoms with Gasteiger partial charge in [0.1, 0.15) is 0 Å². The van der Waals surface area contributed by atoms with Crippen molar-refractivity contribution in [1.29, 1.82) is 0 Å². The standard InChI is InChI=1S/C14H11Cl2NO/c1-9-8-17-6-5-11(9)13(18)7-10-3-2-4-12(15)14(10)16/h2-6,8H,7H2,1H3. The summed E-state index contributed by atoms with van der Waals surface area (Å²) in [6, 6.07) is 7.02. The summed E-state index contributed by atoms with van der Waals surface area (Å²) < 4.78 is 0. The minimum atomic E-state index is 0.0130. The Kier molecular flexibility index (Phi) is 4.00. The number of carbonyl (C=O) groups excluding carboxylic acids is 1. The number of halogens is 2. The summed E-state index contributed by atoms with van der Waals surface area (Å²) in [7, 11) is 0. The van der Waals surface area contributed by atoms with Gasteiger partial charge in [0.2, 0.25) is 0 Å². The van der Waals surface area contributed by atoms with Crippen LogP contribution in [0, 0.1) is 6.92 Å². The van der Waals surface area contributed by atoms with Crippen molar-refractivity contribution >= 4 is 29.0 Å².